The number of benzene rings is 1. The summed E-state index contributed by atoms with van der Waals surface area (Å²) < 4.78 is 6.07. The summed E-state index contributed by atoms with van der Waals surface area (Å²) >= 11 is 0. The van der Waals surface area contributed by atoms with Gasteiger partial charge in [0.05, 0.1) is 6.61 Å². The van der Waals surface area contributed by atoms with Gasteiger partial charge in [-0.25, -0.2) is 0 Å². The predicted octanol–water partition coefficient (Wildman–Crippen LogP) is 3.78. The Morgan fingerprint density at radius 3 is 2.54 bits per heavy atom. The average Bonchev–Trinajstić information content (AvgIpc) is 3.39. The molecule has 1 aliphatic heterocycles. The molecule has 0 bridgehead atoms. The molecule has 2 aliphatic rings. The summed E-state index contributed by atoms with van der Waals surface area (Å²) in [4.78, 5) is 5.03. The Hall–Kier alpha value is -1.06. The van der Waals surface area contributed by atoms with E-state index in [0.717, 1.165) is 18.3 Å². The predicted molar refractivity (Wildman–Crippen MR) is 101 cm³/mol. The molecular formula is C21H34N2O. The van der Waals surface area contributed by atoms with Crippen molar-refractivity contribution in [1.82, 2.24) is 9.80 Å². The van der Waals surface area contributed by atoms with Gasteiger partial charge in [0.1, 0.15) is 5.75 Å². The molecule has 1 heterocycles. The van der Waals surface area contributed by atoms with Crippen molar-refractivity contribution in [3.63, 3.8) is 0 Å². The Kier molecular flexibility index (Phi) is 6.18. The van der Waals surface area contributed by atoms with Crippen molar-refractivity contribution in [3.8, 4) is 5.75 Å². The zero-order valence-corrected chi connectivity index (χ0v) is 15.8. The van der Waals surface area contributed by atoms with Crippen LogP contribution in [0.1, 0.15) is 50.2 Å². The maximum Gasteiger partial charge on any atom is 0.122 e. The van der Waals surface area contributed by atoms with Crippen LogP contribution in [0.2, 0.25) is 0 Å². The summed E-state index contributed by atoms with van der Waals surface area (Å²) in [5.74, 6) is 2.45. The smallest absolute Gasteiger partial charge is 0.122 e. The summed E-state index contributed by atoms with van der Waals surface area (Å²) in [6, 6.07) is 6.87. The number of hydrogen-bond acceptors (Lipinski definition) is 3. The summed E-state index contributed by atoms with van der Waals surface area (Å²) in [6.07, 6.45) is 5.13. The topological polar surface area (TPSA) is 15.7 Å². The highest BCUT2D eigenvalue weighted by Crippen LogP contribution is 2.32. The van der Waals surface area contributed by atoms with Gasteiger partial charge in [-0.15, -0.1) is 0 Å². The van der Waals surface area contributed by atoms with E-state index in [1.54, 1.807) is 0 Å². The molecule has 0 atom stereocenters. The van der Waals surface area contributed by atoms with E-state index < -0.39 is 0 Å². The van der Waals surface area contributed by atoms with Gasteiger partial charge in [-0.3, -0.25) is 0 Å². The Morgan fingerprint density at radius 1 is 1.12 bits per heavy atom. The highest BCUT2D eigenvalue weighted by molar-refractivity contribution is 5.39. The van der Waals surface area contributed by atoms with Gasteiger partial charge in [0.15, 0.2) is 0 Å². The van der Waals surface area contributed by atoms with Crippen LogP contribution in [0.5, 0.6) is 5.75 Å². The molecule has 2 fully saturated rings. The third-order valence-corrected chi connectivity index (χ3v) is 5.40. The molecule has 0 spiro atoms. The number of nitrogens with zero attached hydrogens (tertiary/aromatic N) is 2. The van der Waals surface area contributed by atoms with E-state index in [4.69, 9.17) is 4.74 Å². The first-order valence-electron chi connectivity index (χ1n) is 9.78. The molecule has 3 heteroatoms. The first kappa shape index (κ1) is 17.8. The lowest BCUT2D eigenvalue weighted by molar-refractivity contribution is 0.153. The first-order valence-corrected chi connectivity index (χ1v) is 9.78. The van der Waals surface area contributed by atoms with E-state index in [0.29, 0.717) is 5.92 Å². The van der Waals surface area contributed by atoms with Gasteiger partial charge in [0.25, 0.3) is 0 Å². The molecular weight excluding hydrogens is 296 g/mol. The van der Waals surface area contributed by atoms with Crippen molar-refractivity contribution >= 4 is 0 Å². The number of rotatable bonds is 8. The lowest BCUT2D eigenvalue weighted by Crippen LogP contribution is -2.44. The summed E-state index contributed by atoms with van der Waals surface area (Å²) in [7, 11) is 2.22. The van der Waals surface area contributed by atoms with Crippen LogP contribution < -0.4 is 4.74 Å². The van der Waals surface area contributed by atoms with E-state index in [9.17, 15) is 0 Å². The molecule has 0 amide bonds. The summed E-state index contributed by atoms with van der Waals surface area (Å²) in [5, 5.41) is 0. The minimum Gasteiger partial charge on any atom is -0.493 e. The van der Waals surface area contributed by atoms with Crippen LogP contribution in [0.15, 0.2) is 18.2 Å². The zero-order valence-electron chi connectivity index (χ0n) is 15.8. The fraction of sp³-hybridized carbons (Fsp3) is 0.714. The lowest BCUT2D eigenvalue weighted by Gasteiger charge is -2.32. The standard InChI is InChI=1S/C21H34N2O/c1-17(2)20-15-18(8-9-21(20)24-16-19-6-7-19)5-4-10-23-13-11-22(3)12-14-23/h8-9,15,17,19H,4-7,10-14,16H2,1-3H3. The van der Waals surface area contributed by atoms with E-state index in [1.165, 1.54) is 69.5 Å². The van der Waals surface area contributed by atoms with Gasteiger partial charge in [0, 0.05) is 26.2 Å². The van der Waals surface area contributed by atoms with Crippen molar-refractivity contribution in [2.45, 2.75) is 45.4 Å². The number of hydrogen-bond donors (Lipinski definition) is 0. The SMILES string of the molecule is CC(C)c1cc(CCCN2CCN(C)CC2)ccc1OCC1CC1. The van der Waals surface area contributed by atoms with Crippen LogP contribution in [0.25, 0.3) is 0 Å². The number of likely N-dealkylation sites (N-methyl/N-ethyl adjacent to an activating group) is 1. The van der Waals surface area contributed by atoms with Crippen molar-refractivity contribution in [1.29, 1.82) is 0 Å². The van der Waals surface area contributed by atoms with E-state index in [1.807, 2.05) is 0 Å². The number of piperazine rings is 1. The normalized spacial score (nSPS) is 19.8. The number of aryl methyl sites for hydroxylation is 1. The second kappa shape index (κ2) is 8.35. The van der Waals surface area contributed by atoms with E-state index >= 15 is 0 Å². The Labute approximate surface area is 148 Å². The molecule has 1 aromatic rings. The third-order valence-electron chi connectivity index (χ3n) is 5.40. The summed E-state index contributed by atoms with van der Waals surface area (Å²) in [5.41, 5.74) is 2.85. The largest absolute Gasteiger partial charge is 0.493 e. The van der Waals surface area contributed by atoms with Crippen LogP contribution in [-0.2, 0) is 6.42 Å². The van der Waals surface area contributed by atoms with Gasteiger partial charge < -0.3 is 14.5 Å². The van der Waals surface area contributed by atoms with Crippen molar-refractivity contribution < 1.29 is 4.74 Å². The van der Waals surface area contributed by atoms with Crippen LogP contribution in [0, 0.1) is 5.92 Å². The molecule has 1 saturated heterocycles. The molecule has 3 nitrogen and oxygen atoms in total. The van der Waals surface area contributed by atoms with Gasteiger partial charge in [-0.1, -0.05) is 26.0 Å². The van der Waals surface area contributed by atoms with Gasteiger partial charge in [-0.05, 0) is 68.3 Å². The van der Waals surface area contributed by atoms with Crippen molar-refractivity contribution in [2.24, 2.45) is 5.92 Å². The number of ether oxygens (including phenoxy) is 1. The Morgan fingerprint density at radius 2 is 1.88 bits per heavy atom. The Balaban J connectivity index is 1.50. The van der Waals surface area contributed by atoms with E-state index in [2.05, 4.69) is 48.9 Å². The third kappa shape index (κ3) is 5.22. The maximum atomic E-state index is 6.07. The Bertz CT molecular complexity index is 517. The minimum absolute atomic E-state index is 0.525. The van der Waals surface area contributed by atoms with E-state index in [-0.39, 0.29) is 0 Å². The van der Waals surface area contributed by atoms with Gasteiger partial charge >= 0.3 is 0 Å². The second-order valence-electron chi connectivity index (χ2n) is 8.03. The molecule has 134 valence electrons. The maximum absolute atomic E-state index is 6.07. The highest BCUT2D eigenvalue weighted by atomic mass is 16.5. The molecule has 0 radical (unpaired) electrons. The van der Waals surface area contributed by atoms with Gasteiger partial charge in [-0.2, -0.15) is 0 Å². The molecule has 1 saturated carbocycles. The molecule has 3 rings (SSSR count). The monoisotopic (exact) mass is 330 g/mol. The zero-order chi connectivity index (χ0) is 16.9. The van der Waals surface area contributed by atoms with Crippen LogP contribution in [-0.4, -0.2) is 56.2 Å². The van der Waals surface area contributed by atoms with Crippen LogP contribution in [0.3, 0.4) is 0 Å². The molecule has 0 aromatic heterocycles. The average molecular weight is 331 g/mol. The highest BCUT2D eigenvalue weighted by Gasteiger charge is 2.22. The molecule has 1 aromatic carbocycles. The molecule has 0 N–H and O–H groups in total. The van der Waals surface area contributed by atoms with Crippen molar-refractivity contribution in [2.75, 3.05) is 46.4 Å². The molecule has 24 heavy (non-hydrogen) atoms. The fourth-order valence-corrected chi connectivity index (χ4v) is 3.41. The quantitative estimate of drug-likeness (QED) is 0.721. The first-order chi connectivity index (χ1) is 11.6. The molecule has 0 unspecified atom stereocenters. The lowest BCUT2D eigenvalue weighted by atomic mass is 9.97. The van der Waals surface area contributed by atoms with Crippen LogP contribution in [0.4, 0.5) is 0 Å². The molecule has 1 aliphatic carbocycles. The van der Waals surface area contributed by atoms with Crippen molar-refractivity contribution in [3.05, 3.63) is 29.3 Å². The van der Waals surface area contributed by atoms with Gasteiger partial charge in [0.2, 0.25) is 0 Å². The second-order valence-corrected chi connectivity index (χ2v) is 8.03. The minimum atomic E-state index is 0.525. The van der Waals surface area contributed by atoms with Crippen LogP contribution >= 0.6 is 0 Å². The fourth-order valence-electron chi connectivity index (χ4n) is 3.41. The summed E-state index contributed by atoms with van der Waals surface area (Å²) in [6.45, 7) is 11.5.